The van der Waals surface area contributed by atoms with E-state index in [4.69, 9.17) is 9.47 Å². The summed E-state index contributed by atoms with van der Waals surface area (Å²) in [7, 11) is 0. The van der Waals surface area contributed by atoms with E-state index in [9.17, 15) is 10.2 Å². The van der Waals surface area contributed by atoms with E-state index < -0.39 is 12.2 Å². The summed E-state index contributed by atoms with van der Waals surface area (Å²) in [4.78, 5) is 0. The Morgan fingerprint density at radius 1 is 0.455 bits per heavy atom. The number of rotatable bonds is 17. The molecule has 0 saturated carbocycles. The van der Waals surface area contributed by atoms with E-state index in [0.29, 0.717) is 26.2 Å². The average molecular weight is 597 g/mol. The minimum atomic E-state index is -0.645. The van der Waals surface area contributed by atoms with Gasteiger partial charge in [0.1, 0.15) is 12.2 Å². The summed E-state index contributed by atoms with van der Waals surface area (Å²) in [6, 6.07) is 33.3. The second-order valence-electron chi connectivity index (χ2n) is 11.8. The summed E-state index contributed by atoms with van der Waals surface area (Å²) in [5.41, 5.74) is 9.05. The van der Waals surface area contributed by atoms with Crippen molar-refractivity contribution in [2.75, 3.05) is 39.4 Å². The van der Waals surface area contributed by atoms with Crippen molar-refractivity contribution in [1.29, 1.82) is 0 Å². The predicted molar refractivity (Wildman–Crippen MR) is 178 cm³/mol. The lowest BCUT2D eigenvalue weighted by Crippen LogP contribution is -2.38. The first-order valence-corrected chi connectivity index (χ1v) is 15.6. The van der Waals surface area contributed by atoms with E-state index in [1.807, 2.05) is 0 Å². The summed E-state index contributed by atoms with van der Waals surface area (Å²) in [6.07, 6.45) is -1.78. The molecular formula is C38H48N2O4. The molecule has 0 fully saturated rings. The Bertz CT molecular complexity index is 1170. The minimum Gasteiger partial charge on any atom is -0.389 e. The van der Waals surface area contributed by atoms with Crippen molar-refractivity contribution in [3.05, 3.63) is 142 Å². The molecule has 4 rings (SSSR count). The van der Waals surface area contributed by atoms with Crippen LogP contribution in [0.5, 0.6) is 0 Å². The maximum atomic E-state index is 10.6. The number of ether oxygens (including phenoxy) is 2. The van der Waals surface area contributed by atoms with E-state index in [2.05, 4.69) is 135 Å². The molecule has 4 N–H and O–H groups in total. The van der Waals surface area contributed by atoms with Gasteiger partial charge in [-0.05, 0) is 49.9 Å². The molecule has 0 bridgehead atoms. The van der Waals surface area contributed by atoms with E-state index >= 15 is 0 Å². The fourth-order valence-corrected chi connectivity index (χ4v) is 4.98. The second-order valence-corrected chi connectivity index (χ2v) is 11.8. The molecule has 0 spiro atoms. The highest BCUT2D eigenvalue weighted by Gasteiger charge is 2.18. The largest absolute Gasteiger partial charge is 0.389 e. The molecule has 0 aliphatic carbocycles. The zero-order valence-electron chi connectivity index (χ0n) is 26.5. The van der Waals surface area contributed by atoms with E-state index in [1.165, 1.54) is 22.3 Å². The van der Waals surface area contributed by atoms with Gasteiger partial charge in [0.2, 0.25) is 0 Å². The van der Waals surface area contributed by atoms with Gasteiger partial charge in [-0.15, -0.1) is 0 Å². The lowest BCUT2D eigenvalue weighted by atomic mass is 9.99. The maximum absolute atomic E-state index is 10.6. The molecule has 2 atom stereocenters. The monoisotopic (exact) mass is 596 g/mol. The zero-order chi connectivity index (χ0) is 31.3. The highest BCUT2D eigenvalue weighted by Crippen LogP contribution is 2.28. The van der Waals surface area contributed by atoms with Gasteiger partial charge in [0.25, 0.3) is 0 Å². The molecule has 0 aromatic heterocycles. The highest BCUT2D eigenvalue weighted by atomic mass is 16.5. The van der Waals surface area contributed by atoms with E-state index in [0.717, 1.165) is 22.3 Å². The molecule has 4 aromatic rings. The fourth-order valence-electron chi connectivity index (χ4n) is 4.98. The van der Waals surface area contributed by atoms with Crippen molar-refractivity contribution in [2.45, 2.75) is 52.1 Å². The molecule has 0 unspecified atom stereocenters. The van der Waals surface area contributed by atoms with Gasteiger partial charge >= 0.3 is 0 Å². The summed E-state index contributed by atoms with van der Waals surface area (Å²) >= 11 is 0. The molecule has 6 nitrogen and oxygen atoms in total. The van der Waals surface area contributed by atoms with Crippen molar-refractivity contribution in [2.24, 2.45) is 0 Å². The Balaban J connectivity index is 1.16. The summed E-state index contributed by atoms with van der Waals surface area (Å²) in [5, 5.41) is 27.7. The Morgan fingerprint density at radius 3 is 0.955 bits per heavy atom. The molecule has 0 aliphatic heterocycles. The molecule has 234 valence electrons. The zero-order valence-corrected chi connectivity index (χ0v) is 26.5. The SMILES string of the molecule is Cc1ccc(C(OC[C@@H](O)CNCCNC[C@H](O)COC(c2ccc(C)cc2)c2ccc(C)cc2)c2ccc(C)cc2)cc1. The van der Waals surface area contributed by atoms with Crippen molar-refractivity contribution in [3.8, 4) is 0 Å². The van der Waals surface area contributed by atoms with Gasteiger partial charge in [0, 0.05) is 26.2 Å². The quantitative estimate of drug-likeness (QED) is 0.117. The third-order valence-electron chi connectivity index (χ3n) is 7.67. The average Bonchev–Trinajstić information content (AvgIpc) is 3.02. The maximum Gasteiger partial charge on any atom is 0.108 e. The Morgan fingerprint density at radius 2 is 0.705 bits per heavy atom. The number of aryl methyl sites for hydroxylation is 4. The van der Waals surface area contributed by atoms with Crippen LogP contribution >= 0.6 is 0 Å². The van der Waals surface area contributed by atoms with Gasteiger partial charge in [0.15, 0.2) is 0 Å². The Labute approximate surface area is 263 Å². The number of aliphatic hydroxyl groups excluding tert-OH is 2. The van der Waals surface area contributed by atoms with Crippen molar-refractivity contribution in [3.63, 3.8) is 0 Å². The van der Waals surface area contributed by atoms with Gasteiger partial charge in [-0.2, -0.15) is 0 Å². The molecule has 0 amide bonds. The van der Waals surface area contributed by atoms with Gasteiger partial charge in [-0.1, -0.05) is 119 Å². The summed E-state index contributed by atoms with van der Waals surface area (Å²) in [6.45, 7) is 10.8. The van der Waals surface area contributed by atoms with Crippen molar-refractivity contribution in [1.82, 2.24) is 10.6 Å². The molecule has 6 heteroatoms. The highest BCUT2D eigenvalue weighted by molar-refractivity contribution is 5.34. The van der Waals surface area contributed by atoms with Crippen molar-refractivity contribution >= 4 is 0 Å². The van der Waals surface area contributed by atoms with Crippen LogP contribution in [0, 0.1) is 27.7 Å². The van der Waals surface area contributed by atoms with Crippen LogP contribution in [0.4, 0.5) is 0 Å². The van der Waals surface area contributed by atoms with Gasteiger partial charge in [-0.25, -0.2) is 0 Å². The predicted octanol–water partition coefficient (Wildman–Crippen LogP) is 5.73. The third-order valence-corrected chi connectivity index (χ3v) is 7.67. The Kier molecular flexibility index (Phi) is 13.1. The number of hydrogen-bond donors (Lipinski definition) is 4. The lowest BCUT2D eigenvalue weighted by molar-refractivity contribution is 0.00545. The summed E-state index contributed by atoms with van der Waals surface area (Å²) < 4.78 is 12.5. The first kappa shape index (κ1) is 33.5. The van der Waals surface area contributed by atoms with Crippen LogP contribution < -0.4 is 10.6 Å². The van der Waals surface area contributed by atoms with Crippen LogP contribution in [0.15, 0.2) is 97.1 Å². The fraction of sp³-hybridized carbons (Fsp3) is 0.368. The van der Waals surface area contributed by atoms with Crippen LogP contribution in [-0.2, 0) is 9.47 Å². The topological polar surface area (TPSA) is 83.0 Å². The number of nitrogens with one attached hydrogen (secondary N) is 2. The molecule has 0 saturated heterocycles. The number of aliphatic hydroxyl groups is 2. The van der Waals surface area contributed by atoms with Crippen LogP contribution in [0.3, 0.4) is 0 Å². The van der Waals surface area contributed by atoms with Crippen LogP contribution in [-0.4, -0.2) is 61.8 Å². The number of benzene rings is 4. The van der Waals surface area contributed by atoms with Crippen LogP contribution in [0.25, 0.3) is 0 Å². The van der Waals surface area contributed by atoms with Gasteiger partial charge < -0.3 is 30.3 Å². The van der Waals surface area contributed by atoms with E-state index in [-0.39, 0.29) is 25.4 Å². The third kappa shape index (κ3) is 10.7. The second kappa shape index (κ2) is 17.2. The lowest BCUT2D eigenvalue weighted by Gasteiger charge is -2.22. The molecule has 0 heterocycles. The molecule has 0 radical (unpaired) electrons. The molecule has 0 aliphatic rings. The van der Waals surface area contributed by atoms with Crippen molar-refractivity contribution < 1.29 is 19.7 Å². The summed E-state index contributed by atoms with van der Waals surface area (Å²) in [5.74, 6) is 0. The standard InChI is InChI=1S/C38H48N2O4/c1-27-5-13-31(14-6-27)37(32-15-7-28(2)8-16-32)43-25-35(41)23-39-21-22-40-24-36(42)26-44-38(33-17-9-29(3)10-18-33)34-19-11-30(4)12-20-34/h5-20,35-42H,21-26H2,1-4H3/t35-,36-/m0/s1. The van der Waals surface area contributed by atoms with Gasteiger partial charge in [0.05, 0.1) is 25.4 Å². The minimum absolute atomic E-state index is 0.214. The van der Waals surface area contributed by atoms with Gasteiger partial charge in [-0.3, -0.25) is 0 Å². The first-order valence-electron chi connectivity index (χ1n) is 15.6. The molecule has 4 aromatic carbocycles. The van der Waals surface area contributed by atoms with E-state index in [1.54, 1.807) is 0 Å². The van der Waals surface area contributed by atoms with Crippen LogP contribution in [0.2, 0.25) is 0 Å². The Hall–Kier alpha value is -3.36. The molecular weight excluding hydrogens is 548 g/mol. The molecule has 44 heavy (non-hydrogen) atoms. The first-order chi connectivity index (χ1) is 21.3. The number of hydrogen-bond acceptors (Lipinski definition) is 6. The smallest absolute Gasteiger partial charge is 0.108 e. The normalized spacial score (nSPS) is 13.0. The van der Waals surface area contributed by atoms with Crippen LogP contribution in [0.1, 0.15) is 56.7 Å².